The summed E-state index contributed by atoms with van der Waals surface area (Å²) < 4.78 is 10.8. The quantitative estimate of drug-likeness (QED) is 0.843. The smallest absolute Gasteiger partial charge is 0.276 e. The standard InChI is InChI=1S/C17H25N3O3/c1-19-8-13(9-22-2)17(10-19)5-6-20(11-17)16(21)14-7-15(23-18-14)12-3-4-12/h7,12-13H,3-6,8-11H2,1-2H3/t13-,17+/m0/s1. The fourth-order valence-corrected chi connectivity index (χ4v) is 4.38. The molecule has 1 amide bonds. The molecule has 0 aromatic carbocycles. The third-order valence-electron chi connectivity index (χ3n) is 5.75. The molecule has 3 heterocycles. The number of nitrogens with zero attached hydrogens (tertiary/aromatic N) is 3. The summed E-state index contributed by atoms with van der Waals surface area (Å²) in [6, 6.07) is 1.85. The molecule has 1 aromatic heterocycles. The third kappa shape index (κ3) is 2.68. The number of hydrogen-bond acceptors (Lipinski definition) is 5. The van der Waals surface area contributed by atoms with Crippen molar-refractivity contribution in [1.82, 2.24) is 15.0 Å². The molecule has 126 valence electrons. The molecule has 1 aliphatic carbocycles. The summed E-state index contributed by atoms with van der Waals surface area (Å²) >= 11 is 0. The van der Waals surface area contributed by atoms with E-state index < -0.39 is 0 Å². The second-order valence-corrected chi connectivity index (χ2v) is 7.58. The Kier molecular flexibility index (Phi) is 3.69. The van der Waals surface area contributed by atoms with Crippen molar-refractivity contribution < 1.29 is 14.1 Å². The minimum absolute atomic E-state index is 0.0169. The van der Waals surface area contributed by atoms with Crippen LogP contribution in [0, 0.1) is 11.3 Å². The lowest BCUT2D eigenvalue weighted by molar-refractivity contribution is 0.0707. The molecular formula is C17H25N3O3. The molecule has 0 unspecified atom stereocenters. The van der Waals surface area contributed by atoms with Crippen LogP contribution in [0.1, 0.15) is 41.4 Å². The molecule has 1 spiro atoms. The van der Waals surface area contributed by atoms with Crippen LogP contribution in [0.15, 0.2) is 10.6 Å². The van der Waals surface area contributed by atoms with Gasteiger partial charge in [-0.25, -0.2) is 0 Å². The van der Waals surface area contributed by atoms with Crippen molar-refractivity contribution in [3.8, 4) is 0 Å². The van der Waals surface area contributed by atoms with E-state index in [9.17, 15) is 4.79 Å². The highest BCUT2D eigenvalue weighted by Gasteiger charge is 2.50. The predicted octanol–water partition coefficient (Wildman–Crippen LogP) is 1.59. The summed E-state index contributed by atoms with van der Waals surface area (Å²) in [5, 5.41) is 4.01. The maximum Gasteiger partial charge on any atom is 0.276 e. The van der Waals surface area contributed by atoms with E-state index >= 15 is 0 Å². The van der Waals surface area contributed by atoms with Gasteiger partial charge in [-0.15, -0.1) is 0 Å². The van der Waals surface area contributed by atoms with E-state index in [2.05, 4.69) is 17.1 Å². The van der Waals surface area contributed by atoms with Crippen molar-refractivity contribution >= 4 is 5.91 Å². The molecule has 3 aliphatic rings. The highest BCUT2D eigenvalue weighted by molar-refractivity contribution is 5.92. The fourth-order valence-electron chi connectivity index (χ4n) is 4.38. The molecule has 6 nitrogen and oxygen atoms in total. The second kappa shape index (κ2) is 5.60. The van der Waals surface area contributed by atoms with Gasteiger partial charge in [-0.2, -0.15) is 0 Å². The Bertz CT molecular complexity index is 598. The molecule has 6 heteroatoms. The lowest BCUT2D eigenvalue weighted by Gasteiger charge is -2.29. The van der Waals surface area contributed by atoms with Crippen molar-refractivity contribution in [2.45, 2.75) is 25.2 Å². The van der Waals surface area contributed by atoms with E-state index in [-0.39, 0.29) is 11.3 Å². The average Bonchev–Trinajstić information content (AvgIpc) is 2.99. The van der Waals surface area contributed by atoms with Crippen molar-refractivity contribution in [2.75, 3.05) is 46.9 Å². The molecule has 3 fully saturated rings. The zero-order chi connectivity index (χ0) is 16.0. The van der Waals surface area contributed by atoms with Crippen molar-refractivity contribution in [1.29, 1.82) is 0 Å². The Morgan fingerprint density at radius 1 is 1.48 bits per heavy atom. The highest BCUT2D eigenvalue weighted by atomic mass is 16.5. The van der Waals surface area contributed by atoms with Crippen molar-refractivity contribution in [2.24, 2.45) is 11.3 Å². The van der Waals surface area contributed by atoms with Crippen LogP contribution in [0.3, 0.4) is 0 Å². The van der Waals surface area contributed by atoms with Crippen LogP contribution < -0.4 is 0 Å². The zero-order valence-corrected chi connectivity index (χ0v) is 14.0. The molecule has 2 atom stereocenters. The third-order valence-corrected chi connectivity index (χ3v) is 5.75. The summed E-state index contributed by atoms with van der Waals surface area (Å²) in [5.41, 5.74) is 0.641. The largest absolute Gasteiger partial charge is 0.384 e. The molecule has 2 saturated heterocycles. The summed E-state index contributed by atoms with van der Waals surface area (Å²) in [5.74, 6) is 1.88. The van der Waals surface area contributed by atoms with Crippen molar-refractivity contribution in [3.05, 3.63) is 17.5 Å². The Morgan fingerprint density at radius 2 is 2.30 bits per heavy atom. The van der Waals surface area contributed by atoms with Crippen LogP contribution in [-0.2, 0) is 4.74 Å². The van der Waals surface area contributed by atoms with E-state index in [0.717, 1.165) is 57.8 Å². The van der Waals surface area contributed by atoms with Crippen LogP contribution in [-0.4, -0.2) is 67.8 Å². The fraction of sp³-hybridized carbons (Fsp3) is 0.765. The van der Waals surface area contributed by atoms with Crippen molar-refractivity contribution in [3.63, 3.8) is 0 Å². The Morgan fingerprint density at radius 3 is 3.04 bits per heavy atom. The number of likely N-dealkylation sites (tertiary alicyclic amines) is 2. The summed E-state index contributed by atoms with van der Waals surface area (Å²) in [7, 11) is 3.92. The SMILES string of the molecule is COC[C@@H]1CN(C)C[C@@]12CCN(C(=O)c1cc(C3CC3)on1)C2. The number of amides is 1. The van der Waals surface area contributed by atoms with E-state index in [4.69, 9.17) is 9.26 Å². The minimum atomic E-state index is 0.0169. The van der Waals surface area contributed by atoms with Gasteiger partial charge < -0.3 is 19.1 Å². The summed E-state index contributed by atoms with van der Waals surface area (Å²) in [6.07, 6.45) is 3.35. The minimum Gasteiger partial charge on any atom is -0.384 e. The molecule has 1 aromatic rings. The number of hydrogen-bond donors (Lipinski definition) is 0. The molecule has 23 heavy (non-hydrogen) atoms. The monoisotopic (exact) mass is 319 g/mol. The summed E-state index contributed by atoms with van der Waals surface area (Å²) in [6.45, 7) is 4.46. The van der Waals surface area contributed by atoms with Gasteiger partial charge in [0.1, 0.15) is 5.76 Å². The Hall–Kier alpha value is -1.40. The van der Waals surface area contributed by atoms with Crippen LogP contribution >= 0.6 is 0 Å². The maximum absolute atomic E-state index is 12.7. The molecule has 2 aliphatic heterocycles. The predicted molar refractivity (Wildman–Crippen MR) is 84.3 cm³/mol. The lowest BCUT2D eigenvalue weighted by Crippen LogP contribution is -2.38. The van der Waals surface area contributed by atoms with E-state index in [1.165, 1.54) is 0 Å². The number of ether oxygens (including phenoxy) is 1. The first kappa shape index (κ1) is 15.1. The highest BCUT2D eigenvalue weighted by Crippen LogP contribution is 2.44. The van der Waals surface area contributed by atoms with E-state index in [0.29, 0.717) is 17.5 Å². The number of carbonyl (C=O) groups is 1. The maximum atomic E-state index is 12.7. The first-order valence-electron chi connectivity index (χ1n) is 8.55. The summed E-state index contributed by atoms with van der Waals surface area (Å²) in [4.78, 5) is 17.1. The lowest BCUT2D eigenvalue weighted by atomic mass is 9.77. The van der Waals surface area contributed by atoms with Crippen LogP contribution in [0.4, 0.5) is 0 Å². The van der Waals surface area contributed by atoms with Gasteiger partial charge in [-0.3, -0.25) is 4.79 Å². The van der Waals surface area contributed by atoms with Gasteiger partial charge in [0.15, 0.2) is 5.69 Å². The molecule has 1 saturated carbocycles. The first-order chi connectivity index (χ1) is 11.1. The van der Waals surface area contributed by atoms with Gasteiger partial charge in [-0.1, -0.05) is 5.16 Å². The number of aromatic nitrogens is 1. The van der Waals surface area contributed by atoms with Gasteiger partial charge in [-0.05, 0) is 26.3 Å². The Labute approximate surface area is 136 Å². The second-order valence-electron chi connectivity index (χ2n) is 7.58. The van der Waals surface area contributed by atoms with Gasteiger partial charge in [0.05, 0.1) is 6.61 Å². The van der Waals surface area contributed by atoms with Gasteiger partial charge in [0.2, 0.25) is 0 Å². The number of rotatable bonds is 4. The van der Waals surface area contributed by atoms with Gasteiger partial charge in [0, 0.05) is 56.6 Å². The average molecular weight is 319 g/mol. The first-order valence-corrected chi connectivity index (χ1v) is 8.55. The molecule has 0 N–H and O–H groups in total. The zero-order valence-electron chi connectivity index (χ0n) is 14.0. The Balaban J connectivity index is 1.47. The number of methoxy groups -OCH3 is 1. The van der Waals surface area contributed by atoms with E-state index in [1.54, 1.807) is 7.11 Å². The molecule has 0 bridgehead atoms. The van der Waals surface area contributed by atoms with Gasteiger partial charge in [0.25, 0.3) is 5.91 Å². The molecular weight excluding hydrogens is 294 g/mol. The van der Waals surface area contributed by atoms with Crippen LogP contribution in [0.25, 0.3) is 0 Å². The normalized spacial score (nSPS) is 31.4. The van der Waals surface area contributed by atoms with Crippen LogP contribution in [0.5, 0.6) is 0 Å². The number of carbonyl (C=O) groups excluding carboxylic acids is 1. The molecule has 0 radical (unpaired) electrons. The van der Waals surface area contributed by atoms with Gasteiger partial charge >= 0.3 is 0 Å². The molecule has 4 rings (SSSR count). The van der Waals surface area contributed by atoms with Crippen LogP contribution in [0.2, 0.25) is 0 Å². The topological polar surface area (TPSA) is 58.8 Å². The van der Waals surface area contributed by atoms with E-state index in [1.807, 2.05) is 11.0 Å².